The first kappa shape index (κ1) is 13.6. The van der Waals surface area contributed by atoms with E-state index in [1.165, 1.54) is 6.07 Å². The van der Waals surface area contributed by atoms with Gasteiger partial charge >= 0.3 is 0 Å². The molecule has 1 heterocycles. The minimum Gasteiger partial charge on any atom is -0.356 e. The van der Waals surface area contributed by atoms with Crippen molar-refractivity contribution in [2.75, 3.05) is 16.8 Å². The molecule has 1 amide bonds. The highest BCUT2D eigenvalue weighted by atomic mass is 19.1. The van der Waals surface area contributed by atoms with Crippen molar-refractivity contribution < 1.29 is 9.18 Å². The number of nitrogens with two attached hydrogens (primary N) is 1. The van der Waals surface area contributed by atoms with Gasteiger partial charge in [0.25, 0.3) is 0 Å². The molecule has 0 saturated carbocycles. The molecule has 0 saturated heterocycles. The maximum atomic E-state index is 14.0. The van der Waals surface area contributed by atoms with Gasteiger partial charge < -0.3 is 16.0 Å². The Hall–Kier alpha value is -2.40. The van der Waals surface area contributed by atoms with Crippen molar-refractivity contribution in [2.24, 2.45) is 5.73 Å². The predicted molar refractivity (Wildman–Crippen MR) is 80.4 cm³/mol. The lowest BCUT2D eigenvalue weighted by Crippen LogP contribution is -2.37. The molecule has 2 aromatic rings. The molecule has 3 N–H and O–H groups in total. The van der Waals surface area contributed by atoms with E-state index < -0.39 is 0 Å². The van der Waals surface area contributed by atoms with Crippen molar-refractivity contribution in [3.63, 3.8) is 0 Å². The largest absolute Gasteiger partial charge is 0.356 e. The third-order valence-corrected chi connectivity index (χ3v) is 3.56. The zero-order valence-corrected chi connectivity index (χ0v) is 11.5. The number of benzene rings is 2. The average Bonchev–Trinajstić information content (AvgIpc) is 2.49. The van der Waals surface area contributed by atoms with Gasteiger partial charge in [-0.05, 0) is 29.8 Å². The first-order valence-corrected chi connectivity index (χ1v) is 6.78. The third-order valence-electron chi connectivity index (χ3n) is 3.56. The fourth-order valence-electron chi connectivity index (χ4n) is 2.53. The number of carbonyl (C=O) groups is 1. The number of halogens is 1. The van der Waals surface area contributed by atoms with Gasteiger partial charge in [-0.3, -0.25) is 4.79 Å². The van der Waals surface area contributed by atoms with Crippen LogP contribution in [0.2, 0.25) is 0 Å². The summed E-state index contributed by atoms with van der Waals surface area (Å²) in [6.45, 7) is 0.914. The minimum atomic E-state index is -0.282. The van der Waals surface area contributed by atoms with Crippen molar-refractivity contribution in [1.29, 1.82) is 0 Å². The van der Waals surface area contributed by atoms with E-state index in [1.54, 1.807) is 12.1 Å². The fraction of sp³-hybridized carbons (Fsp3) is 0.188. The highest BCUT2D eigenvalue weighted by Crippen LogP contribution is 2.30. The molecule has 1 aliphatic heterocycles. The average molecular weight is 285 g/mol. The molecule has 0 fully saturated rings. The second-order valence-electron chi connectivity index (χ2n) is 5.05. The van der Waals surface area contributed by atoms with Crippen LogP contribution in [0.3, 0.4) is 0 Å². The van der Waals surface area contributed by atoms with Gasteiger partial charge in [-0.25, -0.2) is 4.39 Å². The number of nitrogens with zero attached hydrogens (tertiary/aromatic N) is 1. The molecule has 0 unspecified atom stereocenters. The number of rotatable bonds is 3. The zero-order valence-electron chi connectivity index (χ0n) is 11.5. The normalized spacial score (nSPS) is 13.8. The van der Waals surface area contributed by atoms with Crippen LogP contribution in [0, 0.1) is 5.82 Å². The van der Waals surface area contributed by atoms with Crippen LogP contribution in [0.4, 0.5) is 15.8 Å². The van der Waals surface area contributed by atoms with Crippen LogP contribution in [0.15, 0.2) is 42.5 Å². The lowest BCUT2D eigenvalue weighted by Gasteiger charge is -2.31. The van der Waals surface area contributed by atoms with Crippen molar-refractivity contribution in [3.8, 4) is 0 Å². The molecule has 4 nitrogen and oxygen atoms in total. The predicted octanol–water partition coefficient (Wildman–Crippen LogP) is 2.24. The second-order valence-corrected chi connectivity index (χ2v) is 5.05. The molecule has 0 radical (unpaired) electrons. The molecular weight excluding hydrogens is 269 g/mol. The van der Waals surface area contributed by atoms with Crippen LogP contribution in [0.5, 0.6) is 0 Å². The number of anilines is 2. The van der Waals surface area contributed by atoms with Gasteiger partial charge in [-0.1, -0.05) is 18.2 Å². The number of fused-ring (bicyclic) bond motifs is 1. The molecule has 0 spiro atoms. The van der Waals surface area contributed by atoms with Crippen molar-refractivity contribution in [2.45, 2.75) is 13.1 Å². The number of nitrogens with one attached hydrogen (secondary N) is 1. The third kappa shape index (κ3) is 2.73. The molecule has 0 atom stereocenters. The van der Waals surface area contributed by atoms with Crippen molar-refractivity contribution in [3.05, 3.63) is 59.4 Å². The van der Waals surface area contributed by atoms with Crippen molar-refractivity contribution >= 4 is 17.3 Å². The Morgan fingerprint density at radius 2 is 2.05 bits per heavy atom. The quantitative estimate of drug-likeness (QED) is 0.909. The van der Waals surface area contributed by atoms with Crippen LogP contribution in [-0.2, 0) is 17.9 Å². The number of carbonyl (C=O) groups excluding carboxylic acids is 1. The van der Waals surface area contributed by atoms with Crippen LogP contribution >= 0.6 is 0 Å². The smallest absolute Gasteiger partial charge is 0.243 e. The molecule has 5 heteroatoms. The number of hydrogen-bond acceptors (Lipinski definition) is 3. The van der Waals surface area contributed by atoms with E-state index in [0.29, 0.717) is 18.7 Å². The monoisotopic (exact) mass is 285 g/mol. The summed E-state index contributed by atoms with van der Waals surface area (Å²) in [6.07, 6.45) is 0. The van der Waals surface area contributed by atoms with Gasteiger partial charge in [0.15, 0.2) is 0 Å². The molecule has 0 aliphatic carbocycles. The van der Waals surface area contributed by atoms with E-state index in [4.69, 9.17) is 5.73 Å². The summed E-state index contributed by atoms with van der Waals surface area (Å²) in [6, 6.07) is 12.4. The van der Waals surface area contributed by atoms with Gasteiger partial charge in [0, 0.05) is 18.7 Å². The summed E-state index contributed by atoms with van der Waals surface area (Å²) in [7, 11) is 0. The fourth-order valence-corrected chi connectivity index (χ4v) is 2.53. The van der Waals surface area contributed by atoms with Crippen LogP contribution in [0.1, 0.15) is 11.1 Å². The first-order chi connectivity index (χ1) is 10.2. The van der Waals surface area contributed by atoms with Crippen LogP contribution in [0.25, 0.3) is 0 Å². The van der Waals surface area contributed by atoms with Gasteiger partial charge in [0.2, 0.25) is 5.91 Å². The van der Waals surface area contributed by atoms with E-state index in [9.17, 15) is 9.18 Å². The molecule has 0 bridgehead atoms. The number of para-hydroxylation sites is 2. The molecule has 21 heavy (non-hydrogen) atoms. The zero-order chi connectivity index (χ0) is 14.8. The van der Waals surface area contributed by atoms with Gasteiger partial charge in [-0.2, -0.15) is 0 Å². The lowest BCUT2D eigenvalue weighted by molar-refractivity contribution is -0.115. The van der Waals surface area contributed by atoms with E-state index in [0.717, 1.165) is 16.9 Å². The van der Waals surface area contributed by atoms with Crippen LogP contribution < -0.4 is 16.0 Å². The summed E-state index contributed by atoms with van der Waals surface area (Å²) in [4.78, 5) is 13.6. The Balaban J connectivity index is 1.93. The highest BCUT2D eigenvalue weighted by molar-refractivity contribution is 6.01. The lowest BCUT2D eigenvalue weighted by atomic mass is 10.1. The summed E-state index contributed by atoms with van der Waals surface area (Å²) >= 11 is 0. The van der Waals surface area contributed by atoms with Gasteiger partial charge in [-0.15, -0.1) is 0 Å². The van der Waals surface area contributed by atoms with Gasteiger partial charge in [0.05, 0.1) is 17.9 Å². The number of hydrogen-bond donors (Lipinski definition) is 2. The summed E-state index contributed by atoms with van der Waals surface area (Å²) < 4.78 is 14.0. The summed E-state index contributed by atoms with van der Waals surface area (Å²) in [5.41, 5.74) is 8.67. The number of amides is 1. The molecule has 1 aliphatic rings. The van der Waals surface area contributed by atoms with Crippen molar-refractivity contribution in [1.82, 2.24) is 0 Å². The Morgan fingerprint density at radius 1 is 1.24 bits per heavy atom. The Bertz CT molecular complexity index is 687. The first-order valence-electron chi connectivity index (χ1n) is 6.78. The Kier molecular flexibility index (Phi) is 3.58. The maximum absolute atomic E-state index is 14.0. The Morgan fingerprint density at radius 3 is 2.86 bits per heavy atom. The minimum absolute atomic E-state index is 0.0934. The molecule has 0 aromatic heterocycles. The van der Waals surface area contributed by atoms with Crippen LogP contribution in [-0.4, -0.2) is 12.5 Å². The summed E-state index contributed by atoms with van der Waals surface area (Å²) in [5, 5.41) is 2.82. The molecular formula is C16H16FN3O. The van der Waals surface area contributed by atoms with E-state index in [-0.39, 0.29) is 18.3 Å². The van der Waals surface area contributed by atoms with Gasteiger partial charge in [0.1, 0.15) is 5.82 Å². The second kappa shape index (κ2) is 5.54. The highest BCUT2D eigenvalue weighted by Gasteiger charge is 2.22. The summed E-state index contributed by atoms with van der Waals surface area (Å²) in [5.74, 6) is -0.375. The van der Waals surface area contributed by atoms with E-state index in [1.807, 2.05) is 29.2 Å². The van der Waals surface area contributed by atoms with E-state index >= 15 is 0 Å². The topological polar surface area (TPSA) is 58.4 Å². The molecule has 2 aromatic carbocycles. The van der Waals surface area contributed by atoms with E-state index in [2.05, 4.69) is 5.32 Å². The molecule has 108 valence electrons. The Labute approximate surface area is 122 Å². The maximum Gasteiger partial charge on any atom is 0.243 e. The SMILES string of the molecule is NCc1ccc(F)c(CN2CC(=O)Nc3ccccc32)c1. The molecule has 3 rings (SSSR count). The standard InChI is InChI=1S/C16H16FN3O/c17-13-6-5-11(8-18)7-12(13)9-20-10-16(21)19-14-3-1-2-4-15(14)20/h1-7H,8-10,18H2,(H,19,21).